The van der Waals surface area contributed by atoms with Crippen LogP contribution in [0, 0.1) is 5.82 Å². The van der Waals surface area contributed by atoms with Crippen LogP contribution in [-0.2, 0) is 0 Å². The van der Waals surface area contributed by atoms with Gasteiger partial charge in [0.1, 0.15) is 17.2 Å². The first-order chi connectivity index (χ1) is 8.09. The van der Waals surface area contributed by atoms with Crippen molar-refractivity contribution in [3.8, 4) is 0 Å². The minimum Gasteiger partial charge on any atom is -0.478 e. The Bertz CT molecular complexity index is 437. The SMILES string of the molecule is CC1CCCCN1c1ncc(F)cc1C(=O)O. The molecule has 1 atom stereocenters. The number of hydrogen-bond acceptors (Lipinski definition) is 3. The fourth-order valence-electron chi connectivity index (χ4n) is 2.23. The van der Waals surface area contributed by atoms with Crippen LogP contribution in [0.1, 0.15) is 36.5 Å². The monoisotopic (exact) mass is 238 g/mol. The Morgan fingerprint density at radius 2 is 2.35 bits per heavy atom. The predicted octanol–water partition coefficient (Wildman–Crippen LogP) is 2.30. The largest absolute Gasteiger partial charge is 0.478 e. The molecular weight excluding hydrogens is 223 g/mol. The van der Waals surface area contributed by atoms with E-state index >= 15 is 0 Å². The Morgan fingerprint density at radius 1 is 1.59 bits per heavy atom. The molecule has 2 rings (SSSR count). The number of carboxylic acid groups (broad SMARTS) is 1. The van der Waals surface area contributed by atoms with E-state index in [2.05, 4.69) is 4.98 Å². The van der Waals surface area contributed by atoms with Crippen LogP contribution in [-0.4, -0.2) is 28.6 Å². The molecule has 1 aliphatic heterocycles. The quantitative estimate of drug-likeness (QED) is 0.859. The third-order valence-electron chi connectivity index (χ3n) is 3.14. The molecule has 0 aliphatic carbocycles. The minimum absolute atomic E-state index is 0.0567. The fraction of sp³-hybridized carbons (Fsp3) is 0.500. The molecule has 1 aliphatic rings. The summed E-state index contributed by atoms with van der Waals surface area (Å²) < 4.78 is 13.0. The van der Waals surface area contributed by atoms with Gasteiger partial charge in [-0.15, -0.1) is 0 Å². The van der Waals surface area contributed by atoms with Gasteiger partial charge in [0.2, 0.25) is 0 Å². The summed E-state index contributed by atoms with van der Waals surface area (Å²) in [5.41, 5.74) is -0.0567. The molecule has 17 heavy (non-hydrogen) atoms. The van der Waals surface area contributed by atoms with Crippen molar-refractivity contribution in [1.29, 1.82) is 0 Å². The van der Waals surface area contributed by atoms with Gasteiger partial charge in [-0.05, 0) is 32.3 Å². The summed E-state index contributed by atoms with van der Waals surface area (Å²) in [6.07, 6.45) is 4.24. The average Bonchev–Trinajstić information content (AvgIpc) is 2.30. The van der Waals surface area contributed by atoms with Gasteiger partial charge in [-0.2, -0.15) is 0 Å². The van der Waals surface area contributed by atoms with E-state index in [0.717, 1.165) is 38.1 Å². The lowest BCUT2D eigenvalue weighted by molar-refractivity contribution is 0.0696. The van der Waals surface area contributed by atoms with Crippen LogP contribution in [0.5, 0.6) is 0 Å². The Kier molecular flexibility index (Phi) is 3.26. The number of aromatic carboxylic acids is 1. The number of hydrogen-bond donors (Lipinski definition) is 1. The molecule has 1 unspecified atom stereocenters. The molecule has 1 saturated heterocycles. The van der Waals surface area contributed by atoms with Crippen molar-refractivity contribution in [1.82, 2.24) is 4.98 Å². The van der Waals surface area contributed by atoms with Crippen molar-refractivity contribution in [2.24, 2.45) is 0 Å². The first-order valence-electron chi connectivity index (χ1n) is 5.75. The molecule has 0 amide bonds. The van der Waals surface area contributed by atoms with E-state index in [4.69, 9.17) is 5.11 Å². The zero-order chi connectivity index (χ0) is 12.4. The summed E-state index contributed by atoms with van der Waals surface area (Å²) in [5.74, 6) is -1.37. The summed E-state index contributed by atoms with van der Waals surface area (Å²) in [6.45, 7) is 2.82. The van der Waals surface area contributed by atoms with Gasteiger partial charge < -0.3 is 10.0 Å². The van der Waals surface area contributed by atoms with Gasteiger partial charge in [-0.25, -0.2) is 14.2 Å². The number of piperidine rings is 1. The molecule has 1 aromatic heterocycles. The van der Waals surface area contributed by atoms with Crippen LogP contribution in [0.15, 0.2) is 12.3 Å². The van der Waals surface area contributed by atoms with Crippen molar-refractivity contribution in [2.75, 3.05) is 11.4 Å². The summed E-state index contributed by atoms with van der Waals surface area (Å²) in [7, 11) is 0. The Balaban J connectivity index is 2.39. The van der Waals surface area contributed by atoms with Gasteiger partial charge in [0.25, 0.3) is 0 Å². The fourth-order valence-corrected chi connectivity index (χ4v) is 2.23. The van der Waals surface area contributed by atoms with Gasteiger partial charge >= 0.3 is 5.97 Å². The molecule has 2 heterocycles. The Morgan fingerprint density at radius 3 is 3.00 bits per heavy atom. The Hall–Kier alpha value is -1.65. The highest BCUT2D eigenvalue weighted by Crippen LogP contribution is 2.26. The van der Waals surface area contributed by atoms with E-state index in [1.807, 2.05) is 11.8 Å². The maximum atomic E-state index is 13.0. The molecule has 1 fully saturated rings. The number of rotatable bonds is 2. The summed E-state index contributed by atoms with van der Waals surface area (Å²) in [5, 5.41) is 9.07. The lowest BCUT2D eigenvalue weighted by atomic mass is 10.0. The number of carbonyl (C=O) groups is 1. The molecule has 0 aromatic carbocycles. The van der Waals surface area contributed by atoms with Gasteiger partial charge in [-0.3, -0.25) is 0 Å². The van der Waals surface area contributed by atoms with Crippen LogP contribution in [0.2, 0.25) is 0 Å². The van der Waals surface area contributed by atoms with Crippen molar-refractivity contribution in [3.63, 3.8) is 0 Å². The van der Waals surface area contributed by atoms with Gasteiger partial charge in [0.15, 0.2) is 0 Å². The second kappa shape index (κ2) is 4.69. The summed E-state index contributed by atoms with van der Waals surface area (Å²) >= 11 is 0. The van der Waals surface area contributed by atoms with Crippen LogP contribution in [0.25, 0.3) is 0 Å². The highest BCUT2D eigenvalue weighted by molar-refractivity contribution is 5.93. The number of aromatic nitrogens is 1. The van der Waals surface area contributed by atoms with E-state index in [9.17, 15) is 9.18 Å². The number of carboxylic acids is 1. The van der Waals surface area contributed by atoms with Gasteiger partial charge in [0, 0.05) is 12.6 Å². The average molecular weight is 238 g/mol. The minimum atomic E-state index is -1.13. The zero-order valence-corrected chi connectivity index (χ0v) is 9.69. The van der Waals surface area contributed by atoms with Crippen LogP contribution < -0.4 is 4.90 Å². The van der Waals surface area contributed by atoms with Crippen molar-refractivity contribution in [2.45, 2.75) is 32.2 Å². The number of anilines is 1. The molecule has 4 nitrogen and oxygen atoms in total. The third kappa shape index (κ3) is 2.38. The second-order valence-corrected chi connectivity index (χ2v) is 4.37. The molecule has 5 heteroatoms. The highest BCUT2D eigenvalue weighted by atomic mass is 19.1. The molecule has 1 N–H and O–H groups in total. The van der Waals surface area contributed by atoms with Gasteiger partial charge in [-0.1, -0.05) is 0 Å². The molecule has 0 bridgehead atoms. The van der Waals surface area contributed by atoms with Crippen molar-refractivity contribution < 1.29 is 14.3 Å². The zero-order valence-electron chi connectivity index (χ0n) is 9.69. The van der Waals surface area contributed by atoms with E-state index in [1.54, 1.807) is 0 Å². The Labute approximate surface area is 99.1 Å². The predicted molar refractivity (Wildman–Crippen MR) is 61.8 cm³/mol. The maximum absolute atomic E-state index is 13.0. The molecular formula is C12H15FN2O2. The van der Waals surface area contributed by atoms with E-state index in [1.165, 1.54) is 0 Å². The molecule has 0 spiro atoms. The summed E-state index contributed by atoms with van der Waals surface area (Å²) in [4.78, 5) is 17.0. The van der Waals surface area contributed by atoms with Crippen molar-refractivity contribution in [3.05, 3.63) is 23.6 Å². The lowest BCUT2D eigenvalue weighted by Gasteiger charge is -2.35. The maximum Gasteiger partial charge on any atom is 0.339 e. The smallest absolute Gasteiger partial charge is 0.339 e. The van der Waals surface area contributed by atoms with Crippen molar-refractivity contribution >= 4 is 11.8 Å². The first-order valence-corrected chi connectivity index (χ1v) is 5.75. The van der Waals surface area contributed by atoms with Crippen LogP contribution >= 0.6 is 0 Å². The number of pyridine rings is 1. The topological polar surface area (TPSA) is 53.4 Å². The standard InChI is InChI=1S/C12H15FN2O2/c1-8-4-2-3-5-15(8)11-10(12(16)17)6-9(13)7-14-11/h6-8H,2-5H2,1H3,(H,16,17). The first kappa shape index (κ1) is 11.8. The normalized spacial score (nSPS) is 20.4. The van der Waals surface area contributed by atoms with Gasteiger partial charge in [0.05, 0.1) is 6.20 Å². The highest BCUT2D eigenvalue weighted by Gasteiger charge is 2.24. The van der Waals surface area contributed by atoms with E-state index < -0.39 is 11.8 Å². The lowest BCUT2D eigenvalue weighted by Crippen LogP contribution is -2.39. The number of halogens is 1. The van der Waals surface area contributed by atoms with Crippen LogP contribution in [0.4, 0.5) is 10.2 Å². The molecule has 1 aromatic rings. The van der Waals surface area contributed by atoms with Crippen LogP contribution in [0.3, 0.4) is 0 Å². The molecule has 0 radical (unpaired) electrons. The molecule has 92 valence electrons. The van der Waals surface area contributed by atoms with E-state index in [-0.39, 0.29) is 11.6 Å². The summed E-state index contributed by atoms with van der Waals surface area (Å²) in [6, 6.07) is 1.28. The third-order valence-corrected chi connectivity index (χ3v) is 3.14. The van der Waals surface area contributed by atoms with E-state index in [0.29, 0.717) is 5.82 Å². The number of nitrogens with zero attached hydrogens (tertiary/aromatic N) is 2. The second-order valence-electron chi connectivity index (χ2n) is 4.37. The molecule has 0 saturated carbocycles.